The van der Waals surface area contributed by atoms with Crippen LogP contribution in [0.4, 0.5) is 0 Å². The largest absolute Gasteiger partial charge is 0.332 e. The van der Waals surface area contributed by atoms with E-state index < -0.39 is 0 Å². The van der Waals surface area contributed by atoms with Crippen molar-refractivity contribution in [3.63, 3.8) is 0 Å². The minimum atomic E-state index is -0.362. The van der Waals surface area contributed by atoms with Gasteiger partial charge in [-0.3, -0.25) is 13.9 Å². The van der Waals surface area contributed by atoms with Gasteiger partial charge in [0.15, 0.2) is 11.2 Å². The summed E-state index contributed by atoms with van der Waals surface area (Å²) in [6.07, 6.45) is 5.57. The predicted octanol–water partition coefficient (Wildman–Crippen LogP) is 1.93. The maximum absolute atomic E-state index is 12.8. The van der Waals surface area contributed by atoms with E-state index >= 15 is 0 Å². The van der Waals surface area contributed by atoms with Crippen LogP contribution < -0.4 is 11.2 Å². The Morgan fingerprint density at radius 1 is 1.06 bits per heavy atom. The van der Waals surface area contributed by atoms with Crippen LogP contribution in [0.2, 0.25) is 0 Å². The number of benzene rings is 1. The van der Waals surface area contributed by atoms with Gasteiger partial charge in [-0.2, -0.15) is 4.68 Å². The first-order valence-electron chi connectivity index (χ1n) is 10.6. The maximum atomic E-state index is 12.8. The smallest absolute Gasteiger partial charge is 0.328 e. The molecule has 0 atom stereocenters. The maximum Gasteiger partial charge on any atom is 0.332 e. The van der Waals surface area contributed by atoms with Crippen LogP contribution in [0, 0.1) is 0 Å². The second kappa shape index (κ2) is 9.51. The first kappa shape index (κ1) is 22.0. The zero-order valence-corrected chi connectivity index (χ0v) is 19.2. The monoisotopic (exact) mass is 454 g/mol. The van der Waals surface area contributed by atoms with Gasteiger partial charge in [-0.1, -0.05) is 37.2 Å². The summed E-state index contributed by atoms with van der Waals surface area (Å²) in [5.74, 6) is 0.661. The topological polar surface area (TPSA) is 105 Å². The molecule has 4 aromatic rings. The fraction of sp³-hybridized carbons (Fsp3) is 0.429. The number of fused-ring (bicyclic) bond motifs is 1. The molecular formula is C21H26N8O2S. The molecule has 0 spiro atoms. The summed E-state index contributed by atoms with van der Waals surface area (Å²) in [4.78, 5) is 29.5. The summed E-state index contributed by atoms with van der Waals surface area (Å²) in [5, 5.41) is 12.7. The van der Waals surface area contributed by atoms with Gasteiger partial charge in [0.1, 0.15) is 0 Å². The zero-order chi connectivity index (χ0) is 22.7. The zero-order valence-electron chi connectivity index (χ0n) is 18.4. The summed E-state index contributed by atoms with van der Waals surface area (Å²) >= 11 is 1.50. The number of hydrogen-bond donors (Lipinski definition) is 0. The van der Waals surface area contributed by atoms with E-state index in [-0.39, 0.29) is 11.2 Å². The highest BCUT2D eigenvalue weighted by Crippen LogP contribution is 2.20. The van der Waals surface area contributed by atoms with E-state index in [0.29, 0.717) is 35.0 Å². The van der Waals surface area contributed by atoms with Crippen molar-refractivity contribution in [3.8, 4) is 5.69 Å². The molecule has 0 aliphatic rings. The van der Waals surface area contributed by atoms with E-state index in [0.717, 1.165) is 12.1 Å². The molecule has 3 aromatic heterocycles. The Morgan fingerprint density at radius 2 is 1.84 bits per heavy atom. The molecule has 0 aliphatic heterocycles. The number of unbranched alkanes of at least 4 members (excludes halogenated alkanes) is 1. The lowest BCUT2D eigenvalue weighted by Gasteiger charge is -2.09. The first-order chi connectivity index (χ1) is 15.5. The Hall–Kier alpha value is -3.21. The van der Waals surface area contributed by atoms with E-state index in [1.54, 1.807) is 29.7 Å². The van der Waals surface area contributed by atoms with Crippen LogP contribution in [0.3, 0.4) is 0 Å². The molecule has 0 bridgehead atoms. The van der Waals surface area contributed by atoms with Crippen molar-refractivity contribution in [2.45, 2.75) is 44.3 Å². The van der Waals surface area contributed by atoms with Gasteiger partial charge in [0.05, 0.1) is 12.0 Å². The number of imidazole rings is 1. The highest BCUT2D eigenvalue weighted by Gasteiger charge is 2.15. The van der Waals surface area contributed by atoms with Crippen LogP contribution in [0.5, 0.6) is 0 Å². The lowest BCUT2D eigenvalue weighted by Crippen LogP contribution is -2.39. The van der Waals surface area contributed by atoms with Crippen molar-refractivity contribution in [2.75, 3.05) is 5.75 Å². The molecule has 168 valence electrons. The molecule has 11 heteroatoms. The van der Waals surface area contributed by atoms with Crippen LogP contribution in [0.1, 0.15) is 31.7 Å². The average Bonchev–Trinajstić information content (AvgIpc) is 3.43. The second-order valence-electron chi connectivity index (χ2n) is 7.67. The Labute approximate surface area is 188 Å². The number of rotatable bonds is 9. The molecule has 0 unspecified atom stereocenters. The lowest BCUT2D eigenvalue weighted by molar-refractivity contribution is 0.594. The van der Waals surface area contributed by atoms with E-state index in [4.69, 9.17) is 0 Å². The Kier molecular flexibility index (Phi) is 6.54. The molecule has 0 saturated heterocycles. The molecule has 3 heterocycles. The molecule has 4 rings (SSSR count). The fourth-order valence-corrected chi connectivity index (χ4v) is 4.41. The highest BCUT2D eigenvalue weighted by molar-refractivity contribution is 7.99. The lowest BCUT2D eigenvalue weighted by atomic mass is 10.1. The van der Waals surface area contributed by atoms with Crippen LogP contribution in [0.15, 0.2) is 45.3 Å². The van der Waals surface area contributed by atoms with Crippen molar-refractivity contribution in [1.29, 1.82) is 0 Å². The van der Waals surface area contributed by atoms with E-state index in [1.807, 2.05) is 12.1 Å². The third kappa shape index (κ3) is 4.24. The molecule has 0 aliphatic carbocycles. The second-order valence-corrected chi connectivity index (χ2v) is 8.73. The van der Waals surface area contributed by atoms with E-state index in [1.165, 1.54) is 39.3 Å². The molecule has 0 amide bonds. The number of aromatic nitrogens is 8. The summed E-state index contributed by atoms with van der Waals surface area (Å²) in [6, 6.07) is 8.27. The molecule has 0 fully saturated rings. The van der Waals surface area contributed by atoms with Crippen molar-refractivity contribution >= 4 is 22.9 Å². The number of hydrogen-bond acceptors (Lipinski definition) is 7. The van der Waals surface area contributed by atoms with Gasteiger partial charge in [-0.25, -0.2) is 9.78 Å². The van der Waals surface area contributed by atoms with E-state index in [9.17, 15) is 9.59 Å². The normalized spacial score (nSPS) is 11.5. The number of tetrazole rings is 1. The molecule has 1 aromatic carbocycles. The molecule has 0 radical (unpaired) electrons. The number of aryl methyl sites for hydroxylation is 3. The van der Waals surface area contributed by atoms with Crippen molar-refractivity contribution in [1.82, 2.24) is 38.9 Å². The molecule has 10 nitrogen and oxygen atoms in total. The van der Waals surface area contributed by atoms with E-state index in [2.05, 4.69) is 39.6 Å². The van der Waals surface area contributed by atoms with Crippen molar-refractivity contribution < 1.29 is 0 Å². The minimum absolute atomic E-state index is 0.313. The fourth-order valence-electron chi connectivity index (χ4n) is 3.60. The number of thioether (sulfide) groups is 1. The third-order valence-electron chi connectivity index (χ3n) is 5.40. The quantitative estimate of drug-likeness (QED) is 0.281. The summed E-state index contributed by atoms with van der Waals surface area (Å²) in [6.45, 7) is 2.50. The summed E-state index contributed by atoms with van der Waals surface area (Å²) in [7, 11) is 3.38. The van der Waals surface area contributed by atoms with Gasteiger partial charge in [0.2, 0.25) is 5.16 Å². The molecule has 0 N–H and O–H groups in total. The molecule has 32 heavy (non-hydrogen) atoms. The standard InChI is InChI=1S/C21H26N8O2S/c1-4-5-7-15-8-10-16(11-9-15)29-20(23-24-25-29)32-13-6-12-28-19(30)17-18(22-14-26(17)2)27(3)21(28)31/h8-11,14H,4-7,12-13H2,1-3H3. The highest BCUT2D eigenvalue weighted by atomic mass is 32.2. The first-order valence-corrected chi connectivity index (χ1v) is 11.6. The van der Waals surface area contributed by atoms with Crippen LogP contribution >= 0.6 is 11.8 Å². The average molecular weight is 455 g/mol. The van der Waals surface area contributed by atoms with Gasteiger partial charge in [0, 0.05) is 26.4 Å². The van der Waals surface area contributed by atoms with Gasteiger partial charge in [-0.05, 0) is 47.4 Å². The third-order valence-corrected chi connectivity index (χ3v) is 6.40. The van der Waals surface area contributed by atoms with Gasteiger partial charge < -0.3 is 4.57 Å². The molecular weight excluding hydrogens is 428 g/mol. The SMILES string of the molecule is CCCCc1ccc(-n2nnnc2SCCCn2c(=O)c3c(ncn3C)n(C)c2=O)cc1. The van der Waals surface area contributed by atoms with Crippen LogP contribution in [0.25, 0.3) is 16.9 Å². The Balaban J connectivity index is 1.43. The Morgan fingerprint density at radius 3 is 2.59 bits per heavy atom. The van der Waals surface area contributed by atoms with Gasteiger partial charge in [-0.15, -0.1) is 5.10 Å². The van der Waals surface area contributed by atoms with Gasteiger partial charge >= 0.3 is 5.69 Å². The molecule has 0 saturated carbocycles. The van der Waals surface area contributed by atoms with Crippen molar-refractivity contribution in [2.24, 2.45) is 14.1 Å². The van der Waals surface area contributed by atoms with Crippen molar-refractivity contribution in [3.05, 3.63) is 57.0 Å². The van der Waals surface area contributed by atoms with Crippen LogP contribution in [-0.2, 0) is 27.1 Å². The number of nitrogens with zero attached hydrogens (tertiary/aromatic N) is 8. The van der Waals surface area contributed by atoms with Gasteiger partial charge in [0.25, 0.3) is 5.56 Å². The Bertz CT molecular complexity index is 1330. The minimum Gasteiger partial charge on any atom is -0.328 e. The predicted molar refractivity (Wildman–Crippen MR) is 123 cm³/mol. The van der Waals surface area contributed by atoms with Crippen LogP contribution in [-0.4, -0.2) is 44.6 Å². The summed E-state index contributed by atoms with van der Waals surface area (Å²) in [5.41, 5.74) is 2.35. The summed E-state index contributed by atoms with van der Waals surface area (Å²) < 4.78 is 6.03.